The Labute approximate surface area is 110 Å². The second-order valence-corrected chi connectivity index (χ2v) is 6.17. The van der Waals surface area contributed by atoms with Crippen LogP contribution >= 0.6 is 23.1 Å². The SMILES string of the molecule is Cc1cscc1CNC1CSc2ccccc21. The third kappa shape index (κ3) is 2.28. The Morgan fingerprint density at radius 1 is 1.29 bits per heavy atom. The number of aryl methyl sites for hydroxylation is 1. The van der Waals surface area contributed by atoms with Crippen LogP contribution in [0.25, 0.3) is 0 Å². The van der Waals surface area contributed by atoms with Gasteiger partial charge in [-0.3, -0.25) is 0 Å². The highest BCUT2D eigenvalue weighted by Crippen LogP contribution is 2.37. The highest BCUT2D eigenvalue weighted by atomic mass is 32.2. The monoisotopic (exact) mass is 261 g/mol. The van der Waals surface area contributed by atoms with Gasteiger partial charge in [0.15, 0.2) is 0 Å². The van der Waals surface area contributed by atoms with Crippen molar-refractivity contribution in [3.8, 4) is 0 Å². The number of hydrogen-bond acceptors (Lipinski definition) is 3. The molecule has 2 aromatic rings. The molecular weight excluding hydrogens is 246 g/mol. The minimum absolute atomic E-state index is 0.510. The molecule has 1 unspecified atom stereocenters. The van der Waals surface area contributed by atoms with E-state index in [0.29, 0.717) is 6.04 Å². The Morgan fingerprint density at radius 3 is 3.00 bits per heavy atom. The lowest BCUT2D eigenvalue weighted by atomic mass is 10.1. The van der Waals surface area contributed by atoms with Crippen LogP contribution in [0.1, 0.15) is 22.7 Å². The molecule has 88 valence electrons. The first-order chi connectivity index (χ1) is 8.34. The van der Waals surface area contributed by atoms with Crippen LogP contribution < -0.4 is 5.32 Å². The zero-order chi connectivity index (χ0) is 11.7. The van der Waals surface area contributed by atoms with Gasteiger partial charge in [-0.2, -0.15) is 11.3 Å². The quantitative estimate of drug-likeness (QED) is 0.896. The molecule has 0 radical (unpaired) electrons. The van der Waals surface area contributed by atoms with Crippen molar-refractivity contribution in [1.29, 1.82) is 0 Å². The average molecular weight is 261 g/mol. The van der Waals surface area contributed by atoms with Crippen molar-refractivity contribution in [1.82, 2.24) is 5.32 Å². The van der Waals surface area contributed by atoms with Gasteiger partial charge in [0.2, 0.25) is 0 Å². The maximum absolute atomic E-state index is 3.67. The molecule has 3 rings (SSSR count). The van der Waals surface area contributed by atoms with Crippen LogP contribution in [0.3, 0.4) is 0 Å². The fourth-order valence-corrected chi connectivity index (χ4v) is 4.19. The highest BCUT2D eigenvalue weighted by Gasteiger charge is 2.21. The Kier molecular flexibility index (Phi) is 3.23. The second kappa shape index (κ2) is 4.84. The molecule has 2 heterocycles. The van der Waals surface area contributed by atoms with Gasteiger partial charge in [-0.25, -0.2) is 0 Å². The molecule has 0 saturated carbocycles. The van der Waals surface area contributed by atoms with Gasteiger partial charge in [0.05, 0.1) is 0 Å². The minimum Gasteiger partial charge on any atom is -0.305 e. The molecule has 17 heavy (non-hydrogen) atoms. The Morgan fingerprint density at radius 2 is 2.18 bits per heavy atom. The number of thioether (sulfide) groups is 1. The number of benzene rings is 1. The van der Waals surface area contributed by atoms with Gasteiger partial charge in [0.25, 0.3) is 0 Å². The smallest absolute Gasteiger partial charge is 0.0429 e. The highest BCUT2D eigenvalue weighted by molar-refractivity contribution is 7.99. The van der Waals surface area contributed by atoms with E-state index in [1.165, 1.54) is 21.6 Å². The molecule has 0 saturated heterocycles. The molecule has 1 aliphatic heterocycles. The van der Waals surface area contributed by atoms with Gasteiger partial charge < -0.3 is 5.32 Å². The number of fused-ring (bicyclic) bond motifs is 1. The normalized spacial score (nSPS) is 18.3. The Bertz CT molecular complexity index is 518. The molecule has 0 aliphatic carbocycles. The molecule has 0 amide bonds. The summed E-state index contributed by atoms with van der Waals surface area (Å²) >= 11 is 3.75. The third-order valence-corrected chi connectivity index (χ3v) is 5.29. The Balaban J connectivity index is 1.70. The van der Waals surface area contributed by atoms with Gasteiger partial charge in [-0.15, -0.1) is 11.8 Å². The molecule has 3 heteroatoms. The third-order valence-electron chi connectivity index (χ3n) is 3.20. The van der Waals surface area contributed by atoms with Gasteiger partial charge in [0.1, 0.15) is 0 Å². The predicted octanol–water partition coefficient (Wildman–Crippen LogP) is 3.99. The number of hydrogen-bond donors (Lipinski definition) is 1. The first-order valence-electron chi connectivity index (χ1n) is 5.81. The van der Waals surface area contributed by atoms with E-state index >= 15 is 0 Å². The molecule has 1 nitrogen and oxygen atoms in total. The van der Waals surface area contributed by atoms with Crippen molar-refractivity contribution in [2.24, 2.45) is 0 Å². The lowest BCUT2D eigenvalue weighted by Gasteiger charge is -2.13. The number of thiophene rings is 1. The van der Waals surface area contributed by atoms with Crippen LogP contribution in [-0.2, 0) is 6.54 Å². The van der Waals surface area contributed by atoms with Crippen LogP contribution in [0, 0.1) is 6.92 Å². The number of rotatable bonds is 3. The lowest BCUT2D eigenvalue weighted by molar-refractivity contribution is 0.583. The first kappa shape index (κ1) is 11.3. The topological polar surface area (TPSA) is 12.0 Å². The maximum atomic E-state index is 3.67. The summed E-state index contributed by atoms with van der Waals surface area (Å²) in [5.74, 6) is 1.16. The standard InChI is InChI=1S/C14H15NS2/c1-10-7-16-8-11(10)6-15-13-9-17-14-5-3-2-4-12(13)14/h2-5,7-8,13,15H,6,9H2,1H3. The summed E-state index contributed by atoms with van der Waals surface area (Å²) in [6, 6.07) is 9.23. The van der Waals surface area contributed by atoms with Crippen LogP contribution in [0.2, 0.25) is 0 Å². The minimum atomic E-state index is 0.510. The molecular formula is C14H15NS2. The van der Waals surface area contributed by atoms with E-state index in [1.807, 2.05) is 11.8 Å². The van der Waals surface area contributed by atoms with E-state index in [4.69, 9.17) is 0 Å². The molecule has 1 atom stereocenters. The van der Waals surface area contributed by atoms with Crippen LogP contribution in [0.4, 0.5) is 0 Å². The van der Waals surface area contributed by atoms with Crippen LogP contribution in [-0.4, -0.2) is 5.75 Å². The molecule has 0 fully saturated rings. The van der Waals surface area contributed by atoms with Crippen molar-refractivity contribution in [3.05, 3.63) is 51.7 Å². The summed E-state index contributed by atoms with van der Waals surface area (Å²) in [7, 11) is 0. The predicted molar refractivity (Wildman–Crippen MR) is 75.8 cm³/mol. The second-order valence-electron chi connectivity index (χ2n) is 4.36. The van der Waals surface area contributed by atoms with E-state index in [9.17, 15) is 0 Å². The summed E-state index contributed by atoms with van der Waals surface area (Å²) in [6.07, 6.45) is 0. The van der Waals surface area contributed by atoms with Gasteiger partial charge in [0, 0.05) is 23.2 Å². The molecule has 1 N–H and O–H groups in total. The van der Waals surface area contributed by atoms with Crippen molar-refractivity contribution in [2.75, 3.05) is 5.75 Å². The summed E-state index contributed by atoms with van der Waals surface area (Å²) < 4.78 is 0. The maximum Gasteiger partial charge on any atom is 0.0429 e. The van der Waals surface area contributed by atoms with E-state index in [1.54, 1.807) is 11.3 Å². The molecule has 1 aromatic carbocycles. The fourth-order valence-electron chi connectivity index (χ4n) is 2.13. The van der Waals surface area contributed by atoms with Crippen LogP contribution in [0.5, 0.6) is 0 Å². The largest absolute Gasteiger partial charge is 0.305 e. The molecule has 1 aliphatic rings. The van der Waals surface area contributed by atoms with Crippen LogP contribution in [0.15, 0.2) is 39.9 Å². The lowest BCUT2D eigenvalue weighted by Crippen LogP contribution is -2.20. The molecule has 0 spiro atoms. The van der Waals surface area contributed by atoms with Crippen molar-refractivity contribution < 1.29 is 0 Å². The summed E-state index contributed by atoms with van der Waals surface area (Å²) in [5.41, 5.74) is 4.30. The average Bonchev–Trinajstić information content (AvgIpc) is 2.93. The Hall–Kier alpha value is -0.770. The zero-order valence-corrected chi connectivity index (χ0v) is 11.4. The van der Waals surface area contributed by atoms with Crippen molar-refractivity contribution in [3.63, 3.8) is 0 Å². The summed E-state index contributed by atoms with van der Waals surface area (Å²) in [5, 5.41) is 8.13. The van der Waals surface area contributed by atoms with Gasteiger partial charge in [-0.1, -0.05) is 18.2 Å². The summed E-state index contributed by atoms with van der Waals surface area (Å²) in [6.45, 7) is 3.17. The molecule has 0 bridgehead atoms. The summed E-state index contributed by atoms with van der Waals surface area (Å²) in [4.78, 5) is 1.44. The zero-order valence-electron chi connectivity index (χ0n) is 9.77. The first-order valence-corrected chi connectivity index (χ1v) is 7.74. The number of nitrogens with one attached hydrogen (secondary N) is 1. The van der Waals surface area contributed by atoms with E-state index < -0.39 is 0 Å². The van der Waals surface area contributed by atoms with Crippen molar-refractivity contribution in [2.45, 2.75) is 24.4 Å². The van der Waals surface area contributed by atoms with Gasteiger partial charge >= 0.3 is 0 Å². The van der Waals surface area contributed by atoms with E-state index in [0.717, 1.165) is 12.3 Å². The van der Waals surface area contributed by atoms with Crippen molar-refractivity contribution >= 4 is 23.1 Å². The fraction of sp³-hybridized carbons (Fsp3) is 0.286. The van der Waals surface area contributed by atoms with E-state index in [2.05, 4.69) is 47.3 Å². The molecule has 1 aromatic heterocycles. The van der Waals surface area contributed by atoms with E-state index in [-0.39, 0.29) is 0 Å². The van der Waals surface area contributed by atoms with Gasteiger partial charge in [-0.05, 0) is 40.4 Å².